The monoisotopic (exact) mass is 472 g/mol. The normalized spacial score (nSPS) is 14.5. The van der Waals surface area contributed by atoms with Gasteiger partial charge >= 0.3 is 0 Å². The largest absolute Gasteiger partial charge is 0.419 e. The van der Waals surface area contributed by atoms with Crippen molar-refractivity contribution < 1.29 is 4.42 Å². The van der Waals surface area contributed by atoms with Crippen LogP contribution in [0.2, 0.25) is 15.1 Å². The van der Waals surface area contributed by atoms with Gasteiger partial charge in [-0.2, -0.15) is 0 Å². The predicted molar refractivity (Wildman–Crippen MR) is 123 cm³/mol. The molecule has 1 fully saturated rings. The SMILES string of the molecule is Cc1c(-c2nnc(C3CCCC3)o2)nc(-c2ccc(Cl)cc2Cl)n1-c1ccc(Cl)cc1. The van der Waals surface area contributed by atoms with Crippen LogP contribution < -0.4 is 0 Å². The second-order valence-electron chi connectivity index (χ2n) is 7.73. The van der Waals surface area contributed by atoms with Crippen LogP contribution in [0.15, 0.2) is 46.9 Å². The van der Waals surface area contributed by atoms with E-state index >= 15 is 0 Å². The predicted octanol–water partition coefficient (Wildman–Crippen LogP) is 7.52. The van der Waals surface area contributed by atoms with Gasteiger partial charge in [-0.15, -0.1) is 10.2 Å². The van der Waals surface area contributed by atoms with E-state index in [1.807, 2.05) is 41.8 Å². The lowest BCUT2D eigenvalue weighted by atomic mass is 10.1. The molecule has 0 saturated heterocycles. The van der Waals surface area contributed by atoms with Gasteiger partial charge in [0.15, 0.2) is 0 Å². The summed E-state index contributed by atoms with van der Waals surface area (Å²) in [6.07, 6.45) is 4.58. The van der Waals surface area contributed by atoms with Crippen LogP contribution in [-0.4, -0.2) is 19.7 Å². The summed E-state index contributed by atoms with van der Waals surface area (Å²) in [5.41, 5.74) is 3.15. The first-order valence-corrected chi connectivity index (χ1v) is 11.3. The molecule has 2 aromatic carbocycles. The van der Waals surface area contributed by atoms with Gasteiger partial charge < -0.3 is 4.42 Å². The molecular formula is C23H19Cl3N4O. The highest BCUT2D eigenvalue weighted by molar-refractivity contribution is 6.36. The lowest BCUT2D eigenvalue weighted by molar-refractivity contribution is 0.456. The van der Waals surface area contributed by atoms with E-state index in [4.69, 9.17) is 44.2 Å². The molecule has 1 aliphatic rings. The second-order valence-corrected chi connectivity index (χ2v) is 9.01. The van der Waals surface area contributed by atoms with E-state index in [2.05, 4.69) is 10.2 Å². The second kappa shape index (κ2) is 8.30. The molecule has 2 heterocycles. The Labute approximate surface area is 195 Å². The van der Waals surface area contributed by atoms with Crippen molar-refractivity contribution in [2.75, 3.05) is 0 Å². The van der Waals surface area contributed by atoms with E-state index in [0.717, 1.165) is 29.8 Å². The van der Waals surface area contributed by atoms with Crippen LogP contribution in [0.5, 0.6) is 0 Å². The Hall–Kier alpha value is -2.34. The summed E-state index contributed by atoms with van der Waals surface area (Å²) in [5, 5.41) is 10.4. The third kappa shape index (κ3) is 3.86. The van der Waals surface area contributed by atoms with Gasteiger partial charge in [-0.1, -0.05) is 47.6 Å². The molecule has 0 atom stereocenters. The molecule has 31 heavy (non-hydrogen) atoms. The third-order valence-electron chi connectivity index (χ3n) is 5.71. The van der Waals surface area contributed by atoms with Crippen molar-refractivity contribution in [3.8, 4) is 28.7 Å². The van der Waals surface area contributed by atoms with Crippen LogP contribution in [0.1, 0.15) is 43.2 Å². The Morgan fingerprint density at radius 2 is 1.65 bits per heavy atom. The highest BCUT2D eigenvalue weighted by Gasteiger charge is 2.26. The minimum atomic E-state index is 0.338. The molecule has 8 heteroatoms. The summed E-state index contributed by atoms with van der Waals surface area (Å²) in [6.45, 7) is 1.98. The Kier molecular flexibility index (Phi) is 5.51. The zero-order chi connectivity index (χ0) is 21.5. The Balaban J connectivity index is 1.67. The number of aromatic nitrogens is 4. The summed E-state index contributed by atoms with van der Waals surface area (Å²) in [4.78, 5) is 4.89. The molecule has 0 aliphatic heterocycles. The van der Waals surface area contributed by atoms with Crippen LogP contribution in [0.4, 0.5) is 0 Å². The first kappa shape index (κ1) is 20.6. The van der Waals surface area contributed by atoms with Crippen LogP contribution >= 0.6 is 34.8 Å². The number of halogens is 3. The van der Waals surface area contributed by atoms with Crippen LogP contribution in [0.25, 0.3) is 28.7 Å². The van der Waals surface area contributed by atoms with Crippen LogP contribution in [-0.2, 0) is 0 Å². The number of nitrogens with zero attached hydrogens (tertiary/aromatic N) is 4. The van der Waals surface area contributed by atoms with Gasteiger partial charge in [-0.25, -0.2) is 4.98 Å². The number of rotatable bonds is 4. The lowest BCUT2D eigenvalue weighted by Gasteiger charge is -2.11. The fraction of sp³-hybridized carbons (Fsp3) is 0.261. The summed E-state index contributed by atoms with van der Waals surface area (Å²) in [7, 11) is 0. The summed E-state index contributed by atoms with van der Waals surface area (Å²) in [5.74, 6) is 2.11. The molecule has 1 aliphatic carbocycles. The molecule has 1 saturated carbocycles. The maximum absolute atomic E-state index is 6.54. The van der Waals surface area contributed by atoms with Gasteiger partial charge in [0, 0.05) is 27.2 Å². The fourth-order valence-electron chi connectivity index (χ4n) is 4.13. The molecule has 0 N–H and O–H groups in total. The number of hydrogen-bond acceptors (Lipinski definition) is 4. The molecule has 5 nitrogen and oxygen atoms in total. The molecule has 5 rings (SSSR count). The summed E-state index contributed by atoms with van der Waals surface area (Å²) in [6, 6.07) is 12.9. The number of imidazole rings is 1. The number of hydrogen-bond donors (Lipinski definition) is 0. The minimum absolute atomic E-state index is 0.338. The van der Waals surface area contributed by atoms with E-state index in [0.29, 0.717) is 44.3 Å². The average Bonchev–Trinajstić information content (AvgIpc) is 3.48. The first-order chi connectivity index (χ1) is 15.0. The quantitative estimate of drug-likeness (QED) is 0.307. The molecule has 4 aromatic rings. The summed E-state index contributed by atoms with van der Waals surface area (Å²) < 4.78 is 8.08. The Bertz CT molecular complexity index is 1240. The highest BCUT2D eigenvalue weighted by atomic mass is 35.5. The maximum Gasteiger partial charge on any atom is 0.268 e. The van der Waals surface area contributed by atoms with Crippen molar-refractivity contribution in [3.05, 3.63) is 69.1 Å². The fourth-order valence-corrected chi connectivity index (χ4v) is 4.75. The van der Waals surface area contributed by atoms with Crippen molar-refractivity contribution in [1.29, 1.82) is 0 Å². The van der Waals surface area contributed by atoms with Gasteiger partial charge in [0.1, 0.15) is 11.5 Å². The highest BCUT2D eigenvalue weighted by Crippen LogP contribution is 2.38. The van der Waals surface area contributed by atoms with Crippen molar-refractivity contribution in [1.82, 2.24) is 19.7 Å². The molecule has 2 aromatic heterocycles. The van der Waals surface area contributed by atoms with Gasteiger partial charge in [0.2, 0.25) is 5.89 Å². The molecule has 158 valence electrons. The van der Waals surface area contributed by atoms with Gasteiger partial charge in [-0.3, -0.25) is 4.57 Å². The van der Waals surface area contributed by atoms with Crippen molar-refractivity contribution in [3.63, 3.8) is 0 Å². The lowest BCUT2D eigenvalue weighted by Crippen LogP contribution is -2.00. The van der Waals surface area contributed by atoms with Gasteiger partial charge in [-0.05, 0) is 62.2 Å². The van der Waals surface area contributed by atoms with E-state index < -0.39 is 0 Å². The summed E-state index contributed by atoms with van der Waals surface area (Å²) >= 11 is 18.8. The smallest absolute Gasteiger partial charge is 0.268 e. The van der Waals surface area contributed by atoms with E-state index in [1.165, 1.54) is 12.8 Å². The third-order valence-corrected chi connectivity index (χ3v) is 6.51. The molecule has 0 unspecified atom stereocenters. The zero-order valence-electron chi connectivity index (χ0n) is 16.8. The standard InChI is InChI=1S/C23H19Cl3N4O/c1-13-20(23-29-28-22(31-23)14-4-2-3-5-14)27-21(18-11-8-16(25)12-19(18)26)30(13)17-9-6-15(24)7-10-17/h6-12,14H,2-5H2,1H3. The molecule has 0 spiro atoms. The number of benzene rings is 2. The van der Waals surface area contributed by atoms with Crippen LogP contribution in [0.3, 0.4) is 0 Å². The van der Waals surface area contributed by atoms with E-state index in [1.54, 1.807) is 12.1 Å². The van der Waals surface area contributed by atoms with Crippen molar-refractivity contribution in [2.45, 2.75) is 38.5 Å². The maximum atomic E-state index is 6.54. The Morgan fingerprint density at radius 3 is 2.35 bits per heavy atom. The average molecular weight is 474 g/mol. The first-order valence-electron chi connectivity index (χ1n) is 10.2. The molecule has 0 amide bonds. The zero-order valence-corrected chi connectivity index (χ0v) is 19.0. The Morgan fingerprint density at radius 1 is 0.935 bits per heavy atom. The van der Waals surface area contributed by atoms with Crippen molar-refractivity contribution >= 4 is 34.8 Å². The van der Waals surface area contributed by atoms with Gasteiger partial charge in [0.05, 0.1) is 10.7 Å². The minimum Gasteiger partial charge on any atom is -0.419 e. The topological polar surface area (TPSA) is 56.7 Å². The molecular weight excluding hydrogens is 455 g/mol. The van der Waals surface area contributed by atoms with Gasteiger partial charge in [0.25, 0.3) is 5.89 Å². The van der Waals surface area contributed by atoms with Crippen LogP contribution in [0, 0.1) is 6.92 Å². The van der Waals surface area contributed by atoms with Crippen molar-refractivity contribution in [2.24, 2.45) is 0 Å². The molecule has 0 bridgehead atoms. The molecule has 0 radical (unpaired) electrons. The van der Waals surface area contributed by atoms with E-state index in [-0.39, 0.29) is 0 Å². The van der Waals surface area contributed by atoms with E-state index in [9.17, 15) is 0 Å².